The Balaban J connectivity index is 0.000000226. The van der Waals surface area contributed by atoms with Crippen molar-refractivity contribution < 1.29 is 19.7 Å². The molecular formula is C22H25ClN4O4. The lowest BCUT2D eigenvalue weighted by atomic mass is 10.0. The highest BCUT2D eigenvalue weighted by Crippen LogP contribution is 2.32. The summed E-state index contributed by atoms with van der Waals surface area (Å²) < 4.78 is 7.60. The van der Waals surface area contributed by atoms with E-state index < -0.39 is 11.9 Å². The number of aliphatic hydroxyl groups is 1. The van der Waals surface area contributed by atoms with E-state index >= 15 is 0 Å². The molecule has 4 rings (SSSR count). The highest BCUT2D eigenvalue weighted by Gasteiger charge is 2.27. The van der Waals surface area contributed by atoms with E-state index in [0.717, 1.165) is 23.8 Å². The first-order chi connectivity index (χ1) is 14.9. The van der Waals surface area contributed by atoms with Gasteiger partial charge in [0.15, 0.2) is 0 Å². The van der Waals surface area contributed by atoms with Crippen molar-refractivity contribution in [1.82, 2.24) is 14.5 Å². The van der Waals surface area contributed by atoms with Gasteiger partial charge in [0.2, 0.25) is 5.28 Å². The van der Waals surface area contributed by atoms with Gasteiger partial charge < -0.3 is 25.3 Å². The molecule has 0 saturated carbocycles. The molecule has 0 bridgehead atoms. The fourth-order valence-corrected chi connectivity index (χ4v) is 3.34. The number of benzene rings is 1. The van der Waals surface area contributed by atoms with Gasteiger partial charge in [0.1, 0.15) is 17.7 Å². The lowest BCUT2D eigenvalue weighted by Gasteiger charge is -2.14. The molecule has 164 valence electrons. The second-order valence-corrected chi connectivity index (χ2v) is 7.12. The Morgan fingerprint density at radius 3 is 2.55 bits per heavy atom. The van der Waals surface area contributed by atoms with Crippen LogP contribution in [0, 0.1) is 12.8 Å². The van der Waals surface area contributed by atoms with E-state index in [-0.39, 0.29) is 24.2 Å². The minimum atomic E-state index is -0.781. The van der Waals surface area contributed by atoms with Crippen molar-refractivity contribution in [1.29, 1.82) is 0 Å². The highest BCUT2D eigenvalue weighted by atomic mass is 35.5. The number of rotatable bonds is 4. The Morgan fingerprint density at radius 1 is 1.29 bits per heavy atom. The Morgan fingerprint density at radius 2 is 1.97 bits per heavy atom. The lowest BCUT2D eigenvalue weighted by Crippen LogP contribution is -2.14. The predicted molar refractivity (Wildman–Crippen MR) is 120 cm³/mol. The molecule has 0 spiro atoms. The number of aromatic nitrogens is 3. The zero-order valence-electron chi connectivity index (χ0n) is 17.1. The van der Waals surface area contributed by atoms with Gasteiger partial charge in [-0.3, -0.25) is 4.79 Å². The van der Waals surface area contributed by atoms with Gasteiger partial charge in [-0.25, -0.2) is 4.98 Å². The maximum atomic E-state index is 10.5. The molecular weight excluding hydrogens is 420 g/mol. The summed E-state index contributed by atoms with van der Waals surface area (Å²) in [5, 5.41) is 18.6. The monoisotopic (exact) mass is 444 g/mol. The number of fused-ring (bicyclic) bond motifs is 1. The smallest absolute Gasteiger partial charge is 0.310 e. The minimum Gasteiger partial charge on any atom is -0.481 e. The minimum absolute atomic E-state index is 0.0353. The number of nitrogen functional groups attached to an aromatic ring is 1. The maximum Gasteiger partial charge on any atom is 0.310 e. The molecule has 1 aliphatic rings. The maximum absolute atomic E-state index is 10.5. The second kappa shape index (κ2) is 11.3. The SMILES string of the molecule is C#C.C[C@H](C(=O)O)c1ccccc1.Nc1nc(Cl)nc2c1ccn2[C@H]1CC[C@@H](CO)O1. The van der Waals surface area contributed by atoms with Crippen LogP contribution < -0.4 is 5.73 Å². The predicted octanol–water partition coefficient (Wildman–Crippen LogP) is 3.46. The first-order valence-electron chi connectivity index (χ1n) is 9.57. The van der Waals surface area contributed by atoms with Crippen molar-refractivity contribution in [2.75, 3.05) is 12.3 Å². The molecule has 1 fully saturated rings. The standard InChI is InChI=1S/C11H13ClN4O2.C9H10O2.C2H2/c12-11-14-9(13)7-3-4-16(10(7)15-11)8-2-1-6(5-17)18-8;1-7(9(10)11)8-5-3-2-4-6-8;1-2/h3-4,6,8,17H,1-2,5H2,(H2,13,14,15);2-7H,1H3,(H,10,11);1-2H/t6-,8+;7-;/m00./s1. The summed E-state index contributed by atoms with van der Waals surface area (Å²) in [6.07, 6.45) is 11.3. The molecule has 2 aromatic heterocycles. The third-order valence-corrected chi connectivity index (χ3v) is 5.01. The van der Waals surface area contributed by atoms with Crippen molar-refractivity contribution in [3.63, 3.8) is 0 Å². The van der Waals surface area contributed by atoms with E-state index in [1.165, 1.54) is 0 Å². The first-order valence-corrected chi connectivity index (χ1v) is 9.95. The van der Waals surface area contributed by atoms with Crippen LogP contribution in [0.25, 0.3) is 11.0 Å². The molecule has 1 aliphatic heterocycles. The van der Waals surface area contributed by atoms with Crippen molar-refractivity contribution in [3.05, 3.63) is 53.4 Å². The Bertz CT molecular complexity index is 1020. The van der Waals surface area contributed by atoms with Gasteiger partial charge in [0.05, 0.1) is 24.0 Å². The summed E-state index contributed by atoms with van der Waals surface area (Å²) in [6.45, 7) is 1.71. The van der Waals surface area contributed by atoms with Crippen LogP contribution in [-0.2, 0) is 9.53 Å². The van der Waals surface area contributed by atoms with Gasteiger partial charge in [0, 0.05) is 6.20 Å². The number of terminal acetylenes is 1. The number of aliphatic carboxylic acids is 1. The molecule has 0 unspecified atom stereocenters. The molecule has 0 amide bonds. The third-order valence-electron chi connectivity index (χ3n) is 4.84. The average Bonchev–Trinajstić information content (AvgIpc) is 3.42. The first kappa shape index (κ1) is 24.2. The van der Waals surface area contributed by atoms with Crippen LogP contribution in [-0.4, -0.2) is 43.4 Å². The number of nitrogens with two attached hydrogens (primary N) is 1. The third kappa shape index (κ3) is 5.95. The molecule has 3 heterocycles. The van der Waals surface area contributed by atoms with E-state index in [9.17, 15) is 4.79 Å². The molecule has 1 saturated heterocycles. The number of aliphatic hydroxyl groups excluding tert-OH is 1. The number of carbonyl (C=O) groups is 1. The summed E-state index contributed by atoms with van der Waals surface area (Å²) in [5.41, 5.74) is 7.30. The van der Waals surface area contributed by atoms with Gasteiger partial charge in [0.25, 0.3) is 0 Å². The number of nitrogens with zero attached hydrogens (tertiary/aromatic N) is 3. The average molecular weight is 445 g/mol. The zero-order chi connectivity index (χ0) is 23.0. The quantitative estimate of drug-likeness (QED) is 0.415. The Labute approximate surface area is 185 Å². The van der Waals surface area contributed by atoms with E-state index in [1.807, 2.05) is 47.2 Å². The fraction of sp³-hybridized carbons (Fsp3) is 0.318. The van der Waals surface area contributed by atoms with Gasteiger partial charge in [-0.15, -0.1) is 12.8 Å². The van der Waals surface area contributed by atoms with E-state index in [1.54, 1.807) is 6.92 Å². The molecule has 9 heteroatoms. The summed E-state index contributed by atoms with van der Waals surface area (Å²) in [6, 6.07) is 11.0. The summed E-state index contributed by atoms with van der Waals surface area (Å²) in [7, 11) is 0. The molecule has 1 aromatic carbocycles. The van der Waals surface area contributed by atoms with Gasteiger partial charge >= 0.3 is 5.97 Å². The molecule has 0 aliphatic carbocycles. The van der Waals surface area contributed by atoms with Crippen LogP contribution in [0.4, 0.5) is 5.82 Å². The van der Waals surface area contributed by atoms with Crippen molar-refractivity contribution in [2.45, 2.75) is 38.0 Å². The number of carboxylic acid groups (broad SMARTS) is 1. The van der Waals surface area contributed by atoms with Crippen LogP contribution >= 0.6 is 11.6 Å². The summed E-state index contributed by atoms with van der Waals surface area (Å²) >= 11 is 5.82. The Kier molecular flexibility index (Phi) is 8.82. The van der Waals surface area contributed by atoms with Gasteiger partial charge in [-0.2, -0.15) is 4.98 Å². The molecule has 31 heavy (non-hydrogen) atoms. The van der Waals surface area contributed by atoms with Crippen molar-refractivity contribution in [3.8, 4) is 12.8 Å². The molecule has 8 nitrogen and oxygen atoms in total. The molecule has 4 N–H and O–H groups in total. The number of carboxylic acids is 1. The van der Waals surface area contributed by atoms with E-state index in [0.29, 0.717) is 11.5 Å². The second-order valence-electron chi connectivity index (χ2n) is 6.78. The molecule has 3 atom stereocenters. The molecule has 3 aromatic rings. The zero-order valence-corrected chi connectivity index (χ0v) is 17.8. The lowest BCUT2D eigenvalue weighted by molar-refractivity contribution is -0.138. The topological polar surface area (TPSA) is 123 Å². The Hall–Kier alpha value is -3.12. The number of halogens is 1. The number of hydrogen-bond donors (Lipinski definition) is 3. The fourth-order valence-electron chi connectivity index (χ4n) is 3.17. The van der Waals surface area contributed by atoms with Gasteiger partial charge in [-0.1, -0.05) is 30.3 Å². The summed E-state index contributed by atoms with van der Waals surface area (Å²) in [5.74, 6) is -0.826. The summed E-state index contributed by atoms with van der Waals surface area (Å²) in [4.78, 5) is 18.6. The van der Waals surface area contributed by atoms with Crippen LogP contribution in [0.15, 0.2) is 42.6 Å². The van der Waals surface area contributed by atoms with E-state index in [2.05, 4.69) is 22.8 Å². The van der Waals surface area contributed by atoms with Gasteiger partial charge in [-0.05, 0) is 43.0 Å². The highest BCUT2D eigenvalue weighted by molar-refractivity contribution is 6.28. The van der Waals surface area contributed by atoms with Crippen LogP contribution in [0.2, 0.25) is 5.28 Å². The number of anilines is 1. The van der Waals surface area contributed by atoms with Crippen LogP contribution in [0.1, 0.15) is 37.5 Å². The van der Waals surface area contributed by atoms with Crippen molar-refractivity contribution >= 4 is 34.4 Å². The molecule has 0 radical (unpaired) electrons. The van der Waals surface area contributed by atoms with Crippen LogP contribution in [0.5, 0.6) is 0 Å². The number of ether oxygens (including phenoxy) is 1. The van der Waals surface area contributed by atoms with Crippen LogP contribution in [0.3, 0.4) is 0 Å². The normalized spacial score (nSPS) is 18.4. The van der Waals surface area contributed by atoms with E-state index in [4.69, 9.17) is 32.3 Å². The largest absolute Gasteiger partial charge is 0.481 e. The van der Waals surface area contributed by atoms with Crippen molar-refractivity contribution in [2.24, 2.45) is 0 Å². The number of hydrogen-bond acceptors (Lipinski definition) is 6.